The summed E-state index contributed by atoms with van der Waals surface area (Å²) in [5, 5.41) is 15.5. The summed E-state index contributed by atoms with van der Waals surface area (Å²) >= 11 is 1.56. The van der Waals surface area contributed by atoms with Crippen LogP contribution in [-0.4, -0.2) is 24.8 Å². The fourth-order valence-electron chi connectivity index (χ4n) is 3.14. The van der Waals surface area contributed by atoms with Gasteiger partial charge < -0.3 is 0 Å². The van der Waals surface area contributed by atoms with Gasteiger partial charge in [0.05, 0.1) is 5.52 Å². The molecule has 0 spiro atoms. The molecule has 0 aliphatic carbocycles. The fraction of sp³-hybridized carbons (Fsp3) is 0.100. The van der Waals surface area contributed by atoms with Gasteiger partial charge in [-0.1, -0.05) is 59.9 Å². The number of aromatic nitrogens is 5. The predicted octanol–water partition coefficient (Wildman–Crippen LogP) is 4.30. The third kappa shape index (κ3) is 2.55. The van der Waals surface area contributed by atoms with E-state index in [4.69, 9.17) is 5.10 Å². The van der Waals surface area contributed by atoms with Crippen molar-refractivity contribution in [1.82, 2.24) is 24.8 Å². The monoisotopic (exact) mass is 357 g/mol. The number of fused-ring (bicyclic) bond motifs is 2. The van der Waals surface area contributed by atoms with E-state index in [0.717, 1.165) is 38.0 Å². The Morgan fingerprint density at radius 3 is 2.65 bits per heavy atom. The van der Waals surface area contributed by atoms with E-state index in [1.165, 1.54) is 5.56 Å². The molecule has 2 aromatic carbocycles. The van der Waals surface area contributed by atoms with E-state index < -0.39 is 0 Å². The molecule has 0 bridgehead atoms. The van der Waals surface area contributed by atoms with Crippen LogP contribution in [0, 0.1) is 6.92 Å². The number of hydrogen-bond acceptors (Lipinski definition) is 5. The molecule has 5 aromatic rings. The summed E-state index contributed by atoms with van der Waals surface area (Å²) in [4.78, 5) is 5.43. The smallest absolute Gasteiger partial charge is 0.234 e. The lowest BCUT2D eigenvalue weighted by molar-refractivity contribution is 0.854. The molecule has 0 fully saturated rings. The first kappa shape index (κ1) is 15.2. The summed E-state index contributed by atoms with van der Waals surface area (Å²) in [7, 11) is 0. The Kier molecular flexibility index (Phi) is 3.50. The van der Waals surface area contributed by atoms with E-state index in [1.54, 1.807) is 11.3 Å². The molecule has 0 saturated heterocycles. The molecule has 0 radical (unpaired) electrons. The Balaban J connectivity index is 1.63. The highest BCUT2D eigenvalue weighted by Gasteiger charge is 2.15. The van der Waals surface area contributed by atoms with Crippen LogP contribution in [-0.2, 0) is 6.42 Å². The Morgan fingerprint density at radius 2 is 1.77 bits per heavy atom. The minimum absolute atomic E-state index is 0.710. The van der Waals surface area contributed by atoms with Gasteiger partial charge in [0.1, 0.15) is 5.01 Å². The quantitative estimate of drug-likeness (QED) is 0.483. The molecule has 5 rings (SSSR count). The minimum atomic E-state index is 0.710. The minimum Gasteiger partial charge on any atom is -0.253 e. The van der Waals surface area contributed by atoms with Crippen molar-refractivity contribution in [3.05, 3.63) is 77.7 Å². The van der Waals surface area contributed by atoms with E-state index in [0.29, 0.717) is 6.42 Å². The van der Waals surface area contributed by atoms with Crippen molar-refractivity contribution in [2.45, 2.75) is 13.3 Å². The Bertz CT molecular complexity index is 1220. The van der Waals surface area contributed by atoms with Crippen LogP contribution in [0.25, 0.3) is 26.4 Å². The van der Waals surface area contributed by atoms with Gasteiger partial charge in [-0.15, -0.1) is 10.2 Å². The first-order valence-electron chi connectivity index (χ1n) is 8.40. The van der Waals surface area contributed by atoms with E-state index in [2.05, 4.69) is 39.4 Å². The molecule has 126 valence electrons. The SMILES string of the molecule is Cc1cc(-c2nn3c(Cc4ccccc4)nnc3s2)c2ccccc2n1. The molecule has 6 heteroatoms. The Morgan fingerprint density at radius 1 is 0.962 bits per heavy atom. The van der Waals surface area contributed by atoms with Gasteiger partial charge in [0, 0.05) is 23.1 Å². The van der Waals surface area contributed by atoms with Crippen molar-refractivity contribution in [3.63, 3.8) is 0 Å². The molecule has 0 atom stereocenters. The van der Waals surface area contributed by atoms with Crippen molar-refractivity contribution in [2.24, 2.45) is 0 Å². The molecule has 5 nitrogen and oxygen atoms in total. The topological polar surface area (TPSA) is 56.0 Å². The molecular formula is C20H15N5S. The zero-order chi connectivity index (χ0) is 17.5. The van der Waals surface area contributed by atoms with Crippen molar-refractivity contribution in [3.8, 4) is 10.6 Å². The van der Waals surface area contributed by atoms with Crippen molar-refractivity contribution in [1.29, 1.82) is 0 Å². The number of pyridine rings is 1. The maximum Gasteiger partial charge on any atom is 0.234 e. The van der Waals surface area contributed by atoms with Gasteiger partial charge in [-0.3, -0.25) is 4.98 Å². The van der Waals surface area contributed by atoms with Crippen LogP contribution >= 0.6 is 11.3 Å². The highest BCUT2D eigenvalue weighted by Crippen LogP contribution is 2.32. The van der Waals surface area contributed by atoms with Gasteiger partial charge in [-0.2, -0.15) is 9.61 Å². The maximum absolute atomic E-state index is 4.81. The summed E-state index contributed by atoms with van der Waals surface area (Å²) in [6.07, 6.45) is 0.710. The molecule has 0 unspecified atom stereocenters. The molecule has 0 saturated carbocycles. The van der Waals surface area contributed by atoms with Crippen molar-refractivity contribution in [2.75, 3.05) is 0 Å². The Labute approximate surface area is 154 Å². The lowest BCUT2D eigenvalue weighted by atomic mass is 10.1. The molecule has 26 heavy (non-hydrogen) atoms. The first-order chi connectivity index (χ1) is 12.8. The van der Waals surface area contributed by atoms with Crippen LogP contribution in [0.5, 0.6) is 0 Å². The highest BCUT2D eigenvalue weighted by atomic mass is 32.1. The highest BCUT2D eigenvalue weighted by molar-refractivity contribution is 7.19. The van der Waals surface area contributed by atoms with E-state index in [9.17, 15) is 0 Å². The van der Waals surface area contributed by atoms with Crippen LogP contribution in [0.15, 0.2) is 60.7 Å². The molecule has 0 aliphatic rings. The second kappa shape index (κ2) is 6.00. The first-order valence-corrected chi connectivity index (χ1v) is 9.21. The van der Waals surface area contributed by atoms with Crippen LogP contribution < -0.4 is 0 Å². The molecule has 3 heterocycles. The standard InChI is InChI=1S/C20H15N5S/c1-13-11-16(15-9-5-6-10-17(15)21-13)19-24-25-18(22-23-20(25)26-19)12-14-7-3-2-4-8-14/h2-11H,12H2,1H3. The number of benzene rings is 2. The van der Waals surface area contributed by atoms with Gasteiger partial charge >= 0.3 is 0 Å². The number of hydrogen-bond donors (Lipinski definition) is 0. The molecule has 0 aliphatic heterocycles. The summed E-state index contributed by atoms with van der Waals surface area (Å²) in [6, 6.07) is 20.5. The second-order valence-electron chi connectivity index (χ2n) is 6.21. The van der Waals surface area contributed by atoms with Crippen molar-refractivity contribution >= 4 is 27.2 Å². The zero-order valence-corrected chi connectivity index (χ0v) is 14.9. The number of para-hydroxylation sites is 1. The third-order valence-corrected chi connectivity index (χ3v) is 5.27. The van der Waals surface area contributed by atoms with Crippen LogP contribution in [0.3, 0.4) is 0 Å². The van der Waals surface area contributed by atoms with Crippen molar-refractivity contribution < 1.29 is 0 Å². The van der Waals surface area contributed by atoms with Gasteiger partial charge in [-0.05, 0) is 24.6 Å². The lowest BCUT2D eigenvalue weighted by Gasteiger charge is -2.04. The van der Waals surface area contributed by atoms with Gasteiger partial charge in [0.2, 0.25) is 4.96 Å². The van der Waals surface area contributed by atoms with Gasteiger partial charge in [0.15, 0.2) is 5.82 Å². The molecule has 0 N–H and O–H groups in total. The average molecular weight is 357 g/mol. The second-order valence-corrected chi connectivity index (χ2v) is 7.16. The third-order valence-electron chi connectivity index (χ3n) is 4.34. The summed E-state index contributed by atoms with van der Waals surface area (Å²) in [6.45, 7) is 2.01. The van der Waals surface area contributed by atoms with E-state index in [-0.39, 0.29) is 0 Å². The normalized spacial score (nSPS) is 11.4. The number of nitrogens with zero attached hydrogens (tertiary/aromatic N) is 5. The molecular weight excluding hydrogens is 342 g/mol. The van der Waals surface area contributed by atoms with Crippen LogP contribution in [0.1, 0.15) is 17.1 Å². The van der Waals surface area contributed by atoms with Gasteiger partial charge in [-0.25, -0.2) is 0 Å². The summed E-state index contributed by atoms with van der Waals surface area (Å²) < 4.78 is 1.86. The lowest BCUT2D eigenvalue weighted by Crippen LogP contribution is -1.98. The average Bonchev–Trinajstić information content (AvgIpc) is 3.24. The Hall–Kier alpha value is -3.12. The van der Waals surface area contributed by atoms with E-state index in [1.807, 2.05) is 47.8 Å². The predicted molar refractivity (Wildman–Crippen MR) is 103 cm³/mol. The summed E-state index contributed by atoms with van der Waals surface area (Å²) in [5.74, 6) is 0.851. The van der Waals surface area contributed by atoms with Crippen LogP contribution in [0.2, 0.25) is 0 Å². The maximum atomic E-state index is 4.81. The van der Waals surface area contributed by atoms with Crippen LogP contribution in [0.4, 0.5) is 0 Å². The fourth-order valence-corrected chi connectivity index (χ4v) is 4.03. The van der Waals surface area contributed by atoms with Gasteiger partial charge in [0.25, 0.3) is 0 Å². The number of rotatable bonds is 3. The largest absolute Gasteiger partial charge is 0.253 e. The zero-order valence-electron chi connectivity index (χ0n) is 14.1. The molecule has 3 aromatic heterocycles. The summed E-state index contributed by atoms with van der Waals surface area (Å²) in [5.41, 5.74) is 4.25. The van der Waals surface area contributed by atoms with E-state index >= 15 is 0 Å². The molecule has 0 amide bonds. The number of aryl methyl sites for hydroxylation is 1.